The molecule has 0 saturated heterocycles. The summed E-state index contributed by atoms with van der Waals surface area (Å²) in [7, 11) is 10.1. The molecule has 0 bridgehead atoms. The summed E-state index contributed by atoms with van der Waals surface area (Å²) in [5.41, 5.74) is 0.271. The molecule has 0 saturated carbocycles. The SMILES string of the molecule is CO[Si](CCCCCC(CCCCC[Si](OC)(OC)OC)(CCCCC[Si](OC)(OC)OC)CCCCC[Si](OC)(OC)OC)(OC)OC. The topological polar surface area (TPSA) is 111 Å². The van der Waals surface area contributed by atoms with Gasteiger partial charge >= 0.3 is 35.2 Å². The average Bonchev–Trinajstić information content (AvgIpc) is 3.15. The highest BCUT2D eigenvalue weighted by molar-refractivity contribution is 6.61. The zero-order chi connectivity index (χ0) is 37.1. The van der Waals surface area contributed by atoms with E-state index in [-0.39, 0.29) is 5.41 Å². The summed E-state index contributed by atoms with van der Waals surface area (Å²) in [5.74, 6) is 0. The van der Waals surface area contributed by atoms with E-state index in [4.69, 9.17) is 53.1 Å². The van der Waals surface area contributed by atoms with Crippen molar-refractivity contribution in [2.45, 2.75) is 127 Å². The fourth-order valence-corrected chi connectivity index (χ4v) is 14.2. The van der Waals surface area contributed by atoms with Crippen molar-refractivity contribution in [3.8, 4) is 0 Å². The van der Waals surface area contributed by atoms with Crippen molar-refractivity contribution in [1.29, 1.82) is 0 Å². The summed E-state index contributed by atoms with van der Waals surface area (Å²) in [6.45, 7) is 0. The molecule has 0 atom stereocenters. The molecular formula is C33H76O12Si4. The second-order valence-corrected chi connectivity index (χ2v) is 25.3. The lowest BCUT2D eigenvalue weighted by molar-refractivity contribution is 0.122. The van der Waals surface area contributed by atoms with Gasteiger partial charge in [-0.15, -0.1) is 0 Å². The van der Waals surface area contributed by atoms with Crippen LogP contribution >= 0.6 is 0 Å². The molecule has 0 aromatic carbocycles. The number of unbranched alkanes of at least 4 members (excludes halogenated alkanes) is 8. The van der Waals surface area contributed by atoms with E-state index in [1.807, 2.05) is 0 Å². The van der Waals surface area contributed by atoms with Crippen LogP contribution in [0.1, 0.15) is 103 Å². The predicted molar refractivity (Wildman–Crippen MR) is 203 cm³/mol. The lowest BCUT2D eigenvalue weighted by atomic mass is 9.70. The van der Waals surface area contributed by atoms with E-state index < -0.39 is 35.2 Å². The Morgan fingerprint density at radius 1 is 0.245 bits per heavy atom. The van der Waals surface area contributed by atoms with Gasteiger partial charge in [0, 0.05) is 109 Å². The second kappa shape index (κ2) is 27.9. The maximum absolute atomic E-state index is 5.68. The van der Waals surface area contributed by atoms with E-state index >= 15 is 0 Å². The highest BCUT2D eigenvalue weighted by atomic mass is 28.4. The Morgan fingerprint density at radius 3 is 0.551 bits per heavy atom. The van der Waals surface area contributed by atoms with Crippen molar-refractivity contribution in [2.75, 3.05) is 85.3 Å². The Bertz CT molecular complexity index is 611. The van der Waals surface area contributed by atoms with Crippen LogP contribution in [0, 0.1) is 5.41 Å². The monoisotopic (exact) mass is 776 g/mol. The molecule has 12 nitrogen and oxygen atoms in total. The molecule has 0 fully saturated rings. The first-order valence-electron chi connectivity index (χ1n) is 18.2. The van der Waals surface area contributed by atoms with Crippen molar-refractivity contribution in [3.63, 3.8) is 0 Å². The van der Waals surface area contributed by atoms with Crippen molar-refractivity contribution in [1.82, 2.24) is 0 Å². The molecule has 0 aliphatic heterocycles. The molecule has 0 heterocycles. The van der Waals surface area contributed by atoms with Gasteiger partial charge < -0.3 is 53.1 Å². The Kier molecular flexibility index (Phi) is 28.1. The molecule has 0 unspecified atom stereocenters. The Labute approximate surface area is 305 Å². The summed E-state index contributed by atoms with van der Waals surface area (Å²) in [4.78, 5) is 0. The normalized spacial score (nSPS) is 13.5. The van der Waals surface area contributed by atoms with Crippen LogP contribution < -0.4 is 0 Å². The first-order chi connectivity index (χ1) is 23.6. The minimum atomic E-state index is -2.56. The molecule has 0 radical (unpaired) electrons. The molecule has 0 aliphatic rings. The fourth-order valence-electron chi connectivity index (χ4n) is 7.05. The van der Waals surface area contributed by atoms with Gasteiger partial charge in [-0.1, -0.05) is 51.4 Å². The van der Waals surface area contributed by atoms with Gasteiger partial charge in [0.05, 0.1) is 0 Å². The van der Waals surface area contributed by atoms with E-state index in [2.05, 4.69) is 0 Å². The predicted octanol–water partition coefficient (Wildman–Crippen LogP) is 7.73. The zero-order valence-corrected chi connectivity index (χ0v) is 37.5. The number of rotatable bonds is 36. The third-order valence-electron chi connectivity index (χ3n) is 10.5. The lowest BCUT2D eigenvalue weighted by Crippen LogP contribution is -2.42. The van der Waals surface area contributed by atoms with E-state index in [0.29, 0.717) is 0 Å². The van der Waals surface area contributed by atoms with Gasteiger partial charge in [-0.2, -0.15) is 0 Å². The summed E-state index contributed by atoms with van der Waals surface area (Å²) < 4.78 is 68.1. The average molecular weight is 777 g/mol. The highest BCUT2D eigenvalue weighted by Gasteiger charge is 2.40. The maximum atomic E-state index is 5.68. The van der Waals surface area contributed by atoms with E-state index in [1.165, 1.54) is 51.4 Å². The van der Waals surface area contributed by atoms with Crippen molar-refractivity contribution in [2.24, 2.45) is 5.41 Å². The van der Waals surface area contributed by atoms with Crippen LogP contribution in [0.15, 0.2) is 0 Å². The van der Waals surface area contributed by atoms with Crippen LogP contribution in [-0.2, 0) is 53.1 Å². The van der Waals surface area contributed by atoms with Crippen molar-refractivity contribution in [3.05, 3.63) is 0 Å². The smallest absolute Gasteiger partial charge is 0.377 e. The fraction of sp³-hybridized carbons (Fsp3) is 1.00. The molecule has 0 spiro atoms. The second-order valence-electron chi connectivity index (χ2n) is 12.9. The van der Waals surface area contributed by atoms with Crippen LogP contribution in [0.2, 0.25) is 24.2 Å². The minimum absolute atomic E-state index is 0.271. The van der Waals surface area contributed by atoms with Gasteiger partial charge in [0.1, 0.15) is 0 Å². The van der Waals surface area contributed by atoms with E-state index in [1.54, 1.807) is 85.3 Å². The number of hydrogen-bond donors (Lipinski definition) is 0. The van der Waals surface area contributed by atoms with Crippen LogP contribution in [0.25, 0.3) is 0 Å². The molecule has 0 rings (SSSR count). The molecule has 49 heavy (non-hydrogen) atoms. The Balaban J connectivity index is 5.75. The van der Waals surface area contributed by atoms with Crippen molar-refractivity contribution < 1.29 is 53.1 Å². The summed E-state index contributed by atoms with van der Waals surface area (Å²) in [6.07, 6.45) is 18.2. The molecule has 0 amide bonds. The van der Waals surface area contributed by atoms with Gasteiger partial charge in [0.15, 0.2) is 0 Å². The third kappa shape index (κ3) is 17.8. The van der Waals surface area contributed by atoms with Crippen molar-refractivity contribution >= 4 is 35.2 Å². The van der Waals surface area contributed by atoms with Crippen LogP contribution in [0.4, 0.5) is 0 Å². The van der Waals surface area contributed by atoms with E-state index in [0.717, 1.165) is 75.5 Å². The van der Waals surface area contributed by atoms with Gasteiger partial charge in [0.25, 0.3) is 0 Å². The summed E-state index contributed by atoms with van der Waals surface area (Å²) >= 11 is 0. The van der Waals surface area contributed by atoms with Gasteiger partial charge in [-0.05, 0) is 56.8 Å². The number of hydrogen-bond acceptors (Lipinski definition) is 12. The molecule has 0 aromatic heterocycles. The van der Waals surface area contributed by atoms with Gasteiger partial charge in [-0.25, -0.2) is 0 Å². The molecule has 296 valence electrons. The zero-order valence-electron chi connectivity index (χ0n) is 33.5. The third-order valence-corrected chi connectivity index (χ3v) is 21.8. The van der Waals surface area contributed by atoms with Crippen LogP contribution in [-0.4, -0.2) is 121 Å². The quantitative estimate of drug-likeness (QED) is 0.0459. The van der Waals surface area contributed by atoms with E-state index in [9.17, 15) is 0 Å². The van der Waals surface area contributed by atoms with Gasteiger partial charge in [0.2, 0.25) is 0 Å². The Hall–Kier alpha value is 0.388. The maximum Gasteiger partial charge on any atom is 0.500 e. The summed E-state index contributed by atoms with van der Waals surface area (Å²) in [5, 5.41) is 0. The first kappa shape index (κ1) is 49.4. The highest BCUT2D eigenvalue weighted by Crippen LogP contribution is 2.42. The summed E-state index contributed by atoms with van der Waals surface area (Å²) in [6, 6.07) is 3.34. The van der Waals surface area contributed by atoms with Crippen LogP contribution in [0.5, 0.6) is 0 Å². The largest absolute Gasteiger partial charge is 0.500 e. The Morgan fingerprint density at radius 2 is 0.408 bits per heavy atom. The molecular weight excluding hydrogens is 701 g/mol. The molecule has 16 heteroatoms. The molecule has 0 aliphatic carbocycles. The molecule has 0 aromatic rings. The lowest BCUT2D eigenvalue weighted by Gasteiger charge is -2.35. The van der Waals surface area contributed by atoms with Gasteiger partial charge in [-0.3, -0.25) is 0 Å². The minimum Gasteiger partial charge on any atom is -0.377 e. The standard InChI is InChI=1S/C33H76O12Si4/c1-34-46(35-2,36-3)29-21-13-17-25-33(26-18-14-22-30-47(37-4,38-5)39-6,27-19-15-23-31-48(40-7,41-8)42-9)28-20-16-24-32-49(43-10,44-11)45-12/h13-32H2,1-12H3. The van der Waals surface area contributed by atoms with Crippen LogP contribution in [0.3, 0.4) is 0 Å². The first-order valence-corrected chi connectivity index (χ1v) is 25.9. The molecule has 0 N–H and O–H groups in total.